The summed E-state index contributed by atoms with van der Waals surface area (Å²) in [5, 5.41) is 0.863. The molecule has 0 saturated heterocycles. The maximum absolute atomic E-state index is 11.4. The SMILES string of the molecule is CC(C)=CCC/C(C)=C/CC/C(C)=C/COc1cccc2ccc(=O)oc12. The van der Waals surface area contributed by atoms with Crippen LogP contribution in [0, 0.1) is 0 Å². The molecule has 1 heterocycles. The molecule has 2 aromatic rings. The first-order chi connectivity index (χ1) is 13.0. The molecule has 0 amide bonds. The predicted octanol–water partition coefficient (Wildman–Crippen LogP) is 6.59. The summed E-state index contributed by atoms with van der Waals surface area (Å²) in [7, 11) is 0. The van der Waals surface area contributed by atoms with Gasteiger partial charge in [-0.3, -0.25) is 0 Å². The molecule has 27 heavy (non-hydrogen) atoms. The van der Waals surface area contributed by atoms with Gasteiger partial charge in [0.1, 0.15) is 6.61 Å². The third-order valence-corrected chi connectivity index (χ3v) is 4.40. The van der Waals surface area contributed by atoms with Crippen molar-refractivity contribution in [2.75, 3.05) is 6.61 Å². The fourth-order valence-electron chi connectivity index (χ4n) is 2.79. The molecule has 0 radical (unpaired) electrons. The Balaban J connectivity index is 1.83. The van der Waals surface area contributed by atoms with Crippen LogP contribution in [0.2, 0.25) is 0 Å². The molecule has 1 aromatic carbocycles. The van der Waals surface area contributed by atoms with Crippen molar-refractivity contribution in [2.45, 2.75) is 53.4 Å². The molecule has 3 nitrogen and oxygen atoms in total. The second-order valence-electron chi connectivity index (χ2n) is 7.20. The minimum Gasteiger partial charge on any atom is -0.486 e. The second-order valence-corrected chi connectivity index (χ2v) is 7.20. The molecule has 0 bridgehead atoms. The van der Waals surface area contributed by atoms with Crippen LogP contribution in [0.1, 0.15) is 53.4 Å². The summed E-state index contributed by atoms with van der Waals surface area (Å²) in [6.07, 6.45) is 11.0. The Hall–Kier alpha value is -2.55. The van der Waals surface area contributed by atoms with E-state index in [1.54, 1.807) is 6.07 Å². The van der Waals surface area contributed by atoms with Crippen LogP contribution in [0.25, 0.3) is 11.0 Å². The summed E-state index contributed by atoms with van der Waals surface area (Å²) in [6.45, 7) is 9.07. The summed E-state index contributed by atoms with van der Waals surface area (Å²) in [5.41, 5.74) is 4.27. The number of hydrogen-bond donors (Lipinski definition) is 0. The highest BCUT2D eigenvalue weighted by Crippen LogP contribution is 2.24. The van der Waals surface area contributed by atoms with Crippen LogP contribution in [-0.4, -0.2) is 6.61 Å². The van der Waals surface area contributed by atoms with Gasteiger partial charge in [-0.2, -0.15) is 0 Å². The Morgan fingerprint density at radius 2 is 1.63 bits per heavy atom. The molecule has 0 N–H and O–H groups in total. The molecular weight excluding hydrogens is 336 g/mol. The lowest BCUT2D eigenvalue weighted by atomic mass is 10.1. The molecule has 3 heteroatoms. The molecule has 0 unspecified atom stereocenters. The van der Waals surface area contributed by atoms with Crippen LogP contribution < -0.4 is 10.4 Å². The molecule has 0 aliphatic rings. The van der Waals surface area contributed by atoms with Crippen molar-refractivity contribution in [2.24, 2.45) is 0 Å². The molecule has 0 spiro atoms. The number of hydrogen-bond acceptors (Lipinski definition) is 3. The summed E-state index contributed by atoms with van der Waals surface area (Å²) in [4.78, 5) is 11.4. The van der Waals surface area contributed by atoms with Crippen molar-refractivity contribution in [3.63, 3.8) is 0 Å². The highest BCUT2D eigenvalue weighted by Gasteiger charge is 2.04. The van der Waals surface area contributed by atoms with Gasteiger partial charge >= 0.3 is 5.63 Å². The lowest BCUT2D eigenvalue weighted by Gasteiger charge is -2.07. The van der Waals surface area contributed by atoms with E-state index in [2.05, 4.69) is 45.9 Å². The van der Waals surface area contributed by atoms with Crippen molar-refractivity contribution in [3.05, 3.63) is 75.7 Å². The topological polar surface area (TPSA) is 39.4 Å². The fraction of sp³-hybridized carbons (Fsp3) is 0.375. The minimum absolute atomic E-state index is 0.364. The van der Waals surface area contributed by atoms with Gasteiger partial charge in [0.25, 0.3) is 0 Å². The van der Waals surface area contributed by atoms with Gasteiger partial charge in [-0.15, -0.1) is 0 Å². The van der Waals surface area contributed by atoms with Gasteiger partial charge < -0.3 is 9.15 Å². The lowest BCUT2D eigenvalue weighted by Crippen LogP contribution is -1.99. The standard InChI is InChI=1S/C24H30O3/c1-18(2)8-5-9-19(3)10-6-11-20(4)16-17-26-22-13-7-12-21-14-15-23(25)27-24(21)22/h7-8,10,12-16H,5-6,9,11,17H2,1-4H3/b19-10+,20-16+. The molecule has 1 aromatic heterocycles. The first-order valence-electron chi connectivity index (χ1n) is 9.56. The first-order valence-corrected chi connectivity index (χ1v) is 9.56. The second kappa shape index (κ2) is 10.6. The average molecular weight is 367 g/mol. The smallest absolute Gasteiger partial charge is 0.336 e. The van der Waals surface area contributed by atoms with Crippen LogP contribution >= 0.6 is 0 Å². The van der Waals surface area contributed by atoms with Crippen LogP contribution in [0.15, 0.2) is 74.5 Å². The van der Waals surface area contributed by atoms with E-state index in [4.69, 9.17) is 9.15 Å². The molecule has 144 valence electrons. The van der Waals surface area contributed by atoms with Gasteiger partial charge in [0.05, 0.1) is 0 Å². The quantitative estimate of drug-likeness (QED) is 0.371. The van der Waals surface area contributed by atoms with Crippen LogP contribution in [0.3, 0.4) is 0 Å². The van der Waals surface area contributed by atoms with E-state index < -0.39 is 0 Å². The summed E-state index contributed by atoms with van der Waals surface area (Å²) < 4.78 is 11.1. The Kier molecular flexibility index (Phi) is 8.12. The molecule has 0 fully saturated rings. The van der Waals surface area contributed by atoms with E-state index in [1.807, 2.05) is 18.2 Å². The molecule has 0 aliphatic carbocycles. The average Bonchev–Trinajstić information content (AvgIpc) is 2.61. The number of ether oxygens (including phenoxy) is 1. The van der Waals surface area contributed by atoms with E-state index in [0.29, 0.717) is 17.9 Å². The summed E-state index contributed by atoms with van der Waals surface area (Å²) >= 11 is 0. The third kappa shape index (κ3) is 7.30. The molecule has 0 aliphatic heterocycles. The largest absolute Gasteiger partial charge is 0.486 e. The number of allylic oxidation sites excluding steroid dienone is 5. The van der Waals surface area contributed by atoms with Crippen molar-refractivity contribution in [1.29, 1.82) is 0 Å². The summed E-state index contributed by atoms with van der Waals surface area (Å²) in [5.74, 6) is 0.601. The van der Waals surface area contributed by atoms with E-state index in [-0.39, 0.29) is 5.63 Å². The van der Waals surface area contributed by atoms with Crippen molar-refractivity contribution < 1.29 is 9.15 Å². The van der Waals surface area contributed by atoms with Gasteiger partial charge in [-0.05, 0) is 71.6 Å². The summed E-state index contributed by atoms with van der Waals surface area (Å²) in [6, 6.07) is 8.80. The van der Waals surface area contributed by atoms with Crippen LogP contribution in [0.4, 0.5) is 0 Å². The van der Waals surface area contributed by atoms with Crippen LogP contribution in [-0.2, 0) is 0 Å². The van der Waals surface area contributed by atoms with E-state index in [1.165, 1.54) is 22.8 Å². The fourth-order valence-corrected chi connectivity index (χ4v) is 2.79. The molecule has 2 rings (SSSR count). The number of benzene rings is 1. The third-order valence-electron chi connectivity index (χ3n) is 4.40. The number of fused-ring (bicyclic) bond motifs is 1. The zero-order valence-corrected chi connectivity index (χ0v) is 16.9. The van der Waals surface area contributed by atoms with Gasteiger partial charge in [-0.25, -0.2) is 4.79 Å². The van der Waals surface area contributed by atoms with Gasteiger partial charge in [-0.1, -0.05) is 41.0 Å². The highest BCUT2D eigenvalue weighted by molar-refractivity contribution is 5.82. The number of para-hydroxylation sites is 1. The zero-order valence-electron chi connectivity index (χ0n) is 16.9. The predicted molar refractivity (Wildman–Crippen MR) is 113 cm³/mol. The van der Waals surface area contributed by atoms with Crippen molar-refractivity contribution in [3.8, 4) is 5.75 Å². The highest BCUT2D eigenvalue weighted by atomic mass is 16.5. The molecular formula is C24H30O3. The molecule has 0 saturated carbocycles. The normalized spacial score (nSPS) is 12.3. The van der Waals surface area contributed by atoms with E-state index >= 15 is 0 Å². The van der Waals surface area contributed by atoms with E-state index in [0.717, 1.165) is 31.1 Å². The lowest BCUT2D eigenvalue weighted by molar-refractivity contribution is 0.357. The Morgan fingerprint density at radius 3 is 2.37 bits per heavy atom. The minimum atomic E-state index is -0.364. The van der Waals surface area contributed by atoms with E-state index in [9.17, 15) is 4.79 Å². The van der Waals surface area contributed by atoms with Gasteiger partial charge in [0.2, 0.25) is 0 Å². The Morgan fingerprint density at radius 1 is 0.926 bits per heavy atom. The molecule has 0 atom stereocenters. The zero-order chi connectivity index (χ0) is 19.6. The monoisotopic (exact) mass is 366 g/mol. The van der Waals surface area contributed by atoms with Gasteiger partial charge in [0, 0.05) is 11.5 Å². The van der Waals surface area contributed by atoms with Crippen molar-refractivity contribution in [1.82, 2.24) is 0 Å². The maximum Gasteiger partial charge on any atom is 0.336 e. The Bertz CT molecular complexity index is 893. The van der Waals surface area contributed by atoms with Gasteiger partial charge in [0.15, 0.2) is 11.3 Å². The Labute approximate surface area is 162 Å². The van der Waals surface area contributed by atoms with Crippen LogP contribution in [0.5, 0.6) is 5.75 Å². The first kappa shape index (κ1) is 20.8. The number of rotatable bonds is 9. The van der Waals surface area contributed by atoms with Crippen molar-refractivity contribution >= 4 is 11.0 Å². The maximum atomic E-state index is 11.4.